The number of likely N-dealkylation sites (tertiary alicyclic amines) is 1. The van der Waals surface area contributed by atoms with Gasteiger partial charge in [-0.25, -0.2) is 4.79 Å². The fraction of sp³-hybridized carbons (Fsp3) is 0.650. The summed E-state index contributed by atoms with van der Waals surface area (Å²) in [6.07, 6.45) is 1.64. The van der Waals surface area contributed by atoms with Crippen molar-refractivity contribution in [3.63, 3.8) is 0 Å². The van der Waals surface area contributed by atoms with Gasteiger partial charge in [0.25, 0.3) is 0 Å². The second-order valence-electron chi connectivity index (χ2n) is 7.90. The lowest BCUT2D eigenvalue weighted by Crippen LogP contribution is -2.41. The highest BCUT2D eigenvalue weighted by Gasteiger charge is 2.29. The number of amides is 1. The lowest BCUT2D eigenvalue weighted by molar-refractivity contribution is 0.0204. The quantitative estimate of drug-likeness (QED) is 0.798. The Kier molecular flexibility index (Phi) is 6.39. The van der Waals surface area contributed by atoms with Gasteiger partial charge in [-0.1, -0.05) is 24.6 Å². The number of piperidine rings is 1. The molecule has 0 aliphatic carbocycles. The highest BCUT2D eigenvalue weighted by Crippen LogP contribution is 2.37. The van der Waals surface area contributed by atoms with Crippen molar-refractivity contribution in [3.05, 3.63) is 33.8 Å². The standard InChI is InChI=1S/C20H30ClNO3/c1-6-18(23)16-11-13(2)17(21)12-15(16)14-7-9-22(10-8-14)19(24)25-20(3,4)5/h11-12,14,18,23H,6-10H2,1-5H3. The van der Waals surface area contributed by atoms with Gasteiger partial charge in [-0.3, -0.25) is 0 Å². The van der Waals surface area contributed by atoms with E-state index in [1.165, 1.54) is 0 Å². The molecule has 0 saturated carbocycles. The molecular weight excluding hydrogens is 338 g/mol. The third kappa shape index (κ3) is 5.11. The lowest BCUT2D eigenvalue weighted by atomic mass is 9.84. The van der Waals surface area contributed by atoms with Crippen molar-refractivity contribution in [2.45, 2.75) is 71.5 Å². The smallest absolute Gasteiger partial charge is 0.410 e. The molecule has 1 saturated heterocycles. The summed E-state index contributed by atoms with van der Waals surface area (Å²) in [5.41, 5.74) is 2.60. The van der Waals surface area contributed by atoms with Crippen LogP contribution < -0.4 is 0 Å². The van der Waals surface area contributed by atoms with Crippen molar-refractivity contribution in [1.82, 2.24) is 4.90 Å². The molecule has 0 radical (unpaired) electrons. The summed E-state index contributed by atoms with van der Waals surface area (Å²) in [4.78, 5) is 14.0. The molecule has 0 spiro atoms. The maximum absolute atomic E-state index is 12.2. The van der Waals surface area contributed by atoms with Crippen LogP contribution in [0.1, 0.15) is 75.7 Å². The summed E-state index contributed by atoms with van der Waals surface area (Å²) in [5.74, 6) is 0.299. The molecular formula is C20H30ClNO3. The minimum atomic E-state index is -0.477. The number of aryl methyl sites for hydroxylation is 1. The van der Waals surface area contributed by atoms with Crippen molar-refractivity contribution in [2.24, 2.45) is 0 Å². The summed E-state index contributed by atoms with van der Waals surface area (Å²) in [5, 5.41) is 11.1. The number of ether oxygens (including phenoxy) is 1. The topological polar surface area (TPSA) is 49.8 Å². The van der Waals surface area contributed by atoms with Gasteiger partial charge in [0, 0.05) is 18.1 Å². The number of carbonyl (C=O) groups is 1. The monoisotopic (exact) mass is 367 g/mol. The van der Waals surface area contributed by atoms with Gasteiger partial charge >= 0.3 is 6.09 Å². The van der Waals surface area contributed by atoms with E-state index in [2.05, 4.69) is 0 Å². The number of hydrogen-bond donors (Lipinski definition) is 1. The van der Waals surface area contributed by atoms with E-state index in [1.54, 1.807) is 4.90 Å². The van der Waals surface area contributed by atoms with Crippen molar-refractivity contribution < 1.29 is 14.6 Å². The van der Waals surface area contributed by atoms with Crippen LogP contribution in [0.3, 0.4) is 0 Å². The Hall–Kier alpha value is -1.26. The van der Waals surface area contributed by atoms with Crippen molar-refractivity contribution in [3.8, 4) is 0 Å². The van der Waals surface area contributed by atoms with Crippen LogP contribution in [0.5, 0.6) is 0 Å². The molecule has 0 bridgehead atoms. The zero-order chi connectivity index (χ0) is 18.8. The van der Waals surface area contributed by atoms with Crippen LogP contribution in [0.2, 0.25) is 5.02 Å². The Morgan fingerprint density at radius 3 is 2.48 bits per heavy atom. The molecule has 1 aliphatic rings. The molecule has 4 nitrogen and oxygen atoms in total. The third-order valence-corrected chi connectivity index (χ3v) is 5.10. The molecule has 2 rings (SSSR count). The van der Waals surface area contributed by atoms with Crippen molar-refractivity contribution >= 4 is 17.7 Å². The Morgan fingerprint density at radius 2 is 1.96 bits per heavy atom. The summed E-state index contributed by atoms with van der Waals surface area (Å²) in [6, 6.07) is 4.00. The van der Waals surface area contributed by atoms with Gasteiger partial charge in [0.15, 0.2) is 0 Å². The summed E-state index contributed by atoms with van der Waals surface area (Å²) >= 11 is 6.34. The Balaban J connectivity index is 2.13. The minimum Gasteiger partial charge on any atom is -0.444 e. The number of hydrogen-bond acceptors (Lipinski definition) is 3. The average Bonchev–Trinajstić information content (AvgIpc) is 2.54. The first-order valence-corrected chi connectivity index (χ1v) is 9.46. The maximum Gasteiger partial charge on any atom is 0.410 e. The van der Waals surface area contributed by atoms with E-state index in [4.69, 9.17) is 16.3 Å². The second-order valence-corrected chi connectivity index (χ2v) is 8.30. The molecule has 1 fully saturated rings. The van der Waals surface area contributed by atoms with Crippen molar-refractivity contribution in [2.75, 3.05) is 13.1 Å². The first-order chi connectivity index (χ1) is 11.6. The van der Waals surface area contributed by atoms with E-state index >= 15 is 0 Å². The van der Waals surface area contributed by atoms with Crippen LogP contribution in [-0.4, -0.2) is 34.8 Å². The molecule has 1 unspecified atom stereocenters. The number of benzene rings is 1. The SMILES string of the molecule is CCC(O)c1cc(C)c(Cl)cc1C1CCN(C(=O)OC(C)(C)C)CC1. The lowest BCUT2D eigenvalue weighted by Gasteiger charge is -2.34. The molecule has 1 aromatic rings. The maximum atomic E-state index is 12.2. The van der Waals surface area contributed by atoms with Crippen LogP contribution in [0.15, 0.2) is 12.1 Å². The van der Waals surface area contributed by atoms with E-state index in [1.807, 2.05) is 46.8 Å². The van der Waals surface area contributed by atoms with E-state index in [0.29, 0.717) is 25.4 Å². The number of rotatable bonds is 3. The van der Waals surface area contributed by atoms with E-state index in [-0.39, 0.29) is 6.09 Å². The molecule has 1 heterocycles. The van der Waals surface area contributed by atoms with Crippen LogP contribution in [0.4, 0.5) is 4.79 Å². The van der Waals surface area contributed by atoms with Gasteiger partial charge in [-0.15, -0.1) is 0 Å². The van der Waals surface area contributed by atoms with E-state index < -0.39 is 11.7 Å². The van der Waals surface area contributed by atoms with Gasteiger partial charge < -0.3 is 14.7 Å². The third-order valence-electron chi connectivity index (χ3n) is 4.70. The summed E-state index contributed by atoms with van der Waals surface area (Å²) in [7, 11) is 0. The normalized spacial score (nSPS) is 17.5. The van der Waals surface area contributed by atoms with Gasteiger partial charge in [-0.05, 0) is 75.6 Å². The number of aliphatic hydroxyl groups excluding tert-OH is 1. The van der Waals surface area contributed by atoms with E-state index in [9.17, 15) is 9.90 Å². The van der Waals surface area contributed by atoms with Gasteiger partial charge in [-0.2, -0.15) is 0 Å². The average molecular weight is 368 g/mol. The molecule has 1 aromatic carbocycles. The highest BCUT2D eigenvalue weighted by atomic mass is 35.5. The minimum absolute atomic E-state index is 0.248. The Morgan fingerprint density at radius 1 is 1.36 bits per heavy atom. The predicted octanol–water partition coefficient (Wildman–Crippen LogP) is 5.21. The van der Waals surface area contributed by atoms with Crippen LogP contribution in [-0.2, 0) is 4.74 Å². The number of aliphatic hydroxyl groups is 1. The fourth-order valence-corrected chi connectivity index (χ4v) is 3.45. The Labute approximate surface area is 156 Å². The summed E-state index contributed by atoms with van der Waals surface area (Å²) in [6.45, 7) is 10.9. The zero-order valence-electron chi connectivity index (χ0n) is 15.9. The molecule has 25 heavy (non-hydrogen) atoms. The fourth-order valence-electron chi connectivity index (χ4n) is 3.28. The summed E-state index contributed by atoms with van der Waals surface area (Å²) < 4.78 is 5.46. The number of nitrogens with zero attached hydrogens (tertiary/aromatic N) is 1. The van der Waals surface area contributed by atoms with Gasteiger partial charge in [0.2, 0.25) is 0 Å². The first-order valence-electron chi connectivity index (χ1n) is 9.08. The molecule has 1 aliphatic heterocycles. The van der Waals surface area contributed by atoms with Gasteiger partial charge in [0.1, 0.15) is 5.60 Å². The van der Waals surface area contributed by atoms with E-state index in [0.717, 1.165) is 34.6 Å². The molecule has 5 heteroatoms. The van der Waals surface area contributed by atoms with Gasteiger partial charge in [0.05, 0.1) is 6.10 Å². The highest BCUT2D eigenvalue weighted by molar-refractivity contribution is 6.31. The first kappa shape index (κ1) is 20.1. The van der Waals surface area contributed by atoms with Crippen LogP contribution >= 0.6 is 11.6 Å². The Bertz CT molecular complexity index is 616. The molecule has 0 aromatic heterocycles. The predicted molar refractivity (Wildman–Crippen MR) is 101 cm³/mol. The molecule has 1 N–H and O–H groups in total. The molecule has 140 valence electrons. The largest absolute Gasteiger partial charge is 0.444 e. The number of carbonyl (C=O) groups excluding carboxylic acids is 1. The van der Waals surface area contributed by atoms with Crippen LogP contribution in [0.25, 0.3) is 0 Å². The molecule has 1 amide bonds. The van der Waals surface area contributed by atoms with Crippen LogP contribution in [0, 0.1) is 6.92 Å². The molecule has 1 atom stereocenters. The zero-order valence-corrected chi connectivity index (χ0v) is 16.7. The van der Waals surface area contributed by atoms with Crippen molar-refractivity contribution in [1.29, 1.82) is 0 Å². The number of halogens is 1. The second kappa shape index (κ2) is 7.96.